The summed E-state index contributed by atoms with van der Waals surface area (Å²) in [5, 5.41) is 3.88. The fourth-order valence-electron chi connectivity index (χ4n) is 5.37. The quantitative estimate of drug-likeness (QED) is 0.871. The molecule has 5 rings (SSSR count). The van der Waals surface area contributed by atoms with Crippen molar-refractivity contribution >= 4 is 15.9 Å². The zero-order chi connectivity index (χ0) is 14.4. The van der Waals surface area contributed by atoms with Gasteiger partial charge in [-0.05, 0) is 74.0 Å². The van der Waals surface area contributed by atoms with Crippen LogP contribution in [0.3, 0.4) is 0 Å². The second-order valence-electron chi connectivity index (χ2n) is 7.29. The molecule has 2 nitrogen and oxygen atoms in total. The molecular weight excluding hydrogens is 326 g/mol. The maximum Gasteiger partial charge on any atom is 0.123 e. The molecule has 4 bridgehead atoms. The lowest BCUT2D eigenvalue weighted by molar-refractivity contribution is -0.0143. The van der Waals surface area contributed by atoms with Gasteiger partial charge in [-0.25, -0.2) is 0 Å². The van der Waals surface area contributed by atoms with Gasteiger partial charge in [0.25, 0.3) is 0 Å². The Labute approximate surface area is 135 Å². The predicted molar refractivity (Wildman–Crippen MR) is 88.4 cm³/mol. The first-order valence-corrected chi connectivity index (χ1v) is 9.08. The minimum absolute atomic E-state index is 0.737. The smallest absolute Gasteiger partial charge is 0.123 e. The average molecular weight is 350 g/mol. The number of ether oxygens (including phenoxy) is 1. The highest BCUT2D eigenvalue weighted by Crippen LogP contribution is 2.53. The molecule has 0 spiro atoms. The van der Waals surface area contributed by atoms with E-state index in [4.69, 9.17) is 4.74 Å². The summed E-state index contributed by atoms with van der Waals surface area (Å²) in [6.45, 7) is 0.926. The monoisotopic (exact) mass is 349 g/mol. The van der Waals surface area contributed by atoms with Gasteiger partial charge in [-0.1, -0.05) is 15.9 Å². The summed E-state index contributed by atoms with van der Waals surface area (Å²) >= 11 is 3.57. The van der Waals surface area contributed by atoms with Crippen LogP contribution in [0.5, 0.6) is 5.75 Å². The molecule has 4 saturated carbocycles. The highest BCUT2D eigenvalue weighted by atomic mass is 79.9. The third-order valence-electron chi connectivity index (χ3n) is 6.00. The van der Waals surface area contributed by atoms with Crippen LogP contribution in [-0.4, -0.2) is 13.2 Å². The van der Waals surface area contributed by atoms with Crippen molar-refractivity contribution in [1.82, 2.24) is 5.32 Å². The number of benzene rings is 1. The first-order chi connectivity index (χ1) is 10.2. The number of methoxy groups -OCH3 is 1. The van der Waals surface area contributed by atoms with E-state index in [-0.39, 0.29) is 0 Å². The van der Waals surface area contributed by atoms with Crippen molar-refractivity contribution in [1.29, 1.82) is 0 Å². The van der Waals surface area contributed by atoms with Crippen molar-refractivity contribution in [3.8, 4) is 5.75 Å². The Morgan fingerprint density at radius 1 is 1.10 bits per heavy atom. The normalized spacial score (nSPS) is 37.0. The number of halogens is 1. The molecule has 1 aromatic carbocycles. The van der Waals surface area contributed by atoms with Crippen LogP contribution in [-0.2, 0) is 6.54 Å². The lowest BCUT2D eigenvalue weighted by Gasteiger charge is -2.54. The molecule has 21 heavy (non-hydrogen) atoms. The molecule has 0 aromatic heterocycles. The lowest BCUT2D eigenvalue weighted by Crippen LogP contribution is -2.54. The van der Waals surface area contributed by atoms with E-state index >= 15 is 0 Å². The Morgan fingerprint density at radius 3 is 2.38 bits per heavy atom. The fourth-order valence-corrected chi connectivity index (χ4v) is 5.78. The van der Waals surface area contributed by atoms with Gasteiger partial charge in [0, 0.05) is 22.6 Å². The Kier molecular flexibility index (Phi) is 3.74. The molecule has 1 aromatic rings. The number of hydrogen-bond donors (Lipinski definition) is 1. The first kappa shape index (κ1) is 14.1. The molecule has 0 atom stereocenters. The van der Waals surface area contributed by atoms with Gasteiger partial charge in [-0.3, -0.25) is 0 Å². The minimum Gasteiger partial charge on any atom is -0.496 e. The van der Waals surface area contributed by atoms with Gasteiger partial charge in [0.05, 0.1) is 7.11 Å². The molecule has 4 aliphatic rings. The van der Waals surface area contributed by atoms with Crippen molar-refractivity contribution in [3.63, 3.8) is 0 Å². The zero-order valence-corrected chi connectivity index (χ0v) is 14.2. The van der Waals surface area contributed by atoms with E-state index in [1.807, 2.05) is 6.07 Å². The lowest BCUT2D eigenvalue weighted by atomic mass is 9.54. The summed E-state index contributed by atoms with van der Waals surface area (Å²) in [5.74, 6) is 4.95. The van der Waals surface area contributed by atoms with E-state index in [0.717, 1.165) is 46.5 Å². The van der Waals surface area contributed by atoms with E-state index in [2.05, 4.69) is 33.4 Å². The maximum absolute atomic E-state index is 5.50. The molecule has 4 fully saturated rings. The third-order valence-corrected chi connectivity index (χ3v) is 6.49. The van der Waals surface area contributed by atoms with Crippen LogP contribution in [0.25, 0.3) is 0 Å². The zero-order valence-electron chi connectivity index (χ0n) is 12.6. The second-order valence-corrected chi connectivity index (χ2v) is 8.21. The second kappa shape index (κ2) is 5.58. The van der Waals surface area contributed by atoms with Gasteiger partial charge in [-0.2, -0.15) is 0 Å². The first-order valence-electron chi connectivity index (χ1n) is 8.28. The average Bonchev–Trinajstić information content (AvgIpc) is 2.46. The van der Waals surface area contributed by atoms with E-state index in [1.165, 1.54) is 37.7 Å². The third kappa shape index (κ3) is 2.63. The molecule has 0 unspecified atom stereocenters. The molecule has 1 N–H and O–H groups in total. The molecule has 0 radical (unpaired) electrons. The van der Waals surface area contributed by atoms with Crippen molar-refractivity contribution < 1.29 is 4.74 Å². The van der Waals surface area contributed by atoms with Gasteiger partial charge in [0.2, 0.25) is 0 Å². The summed E-state index contributed by atoms with van der Waals surface area (Å²) < 4.78 is 6.63. The molecule has 0 saturated heterocycles. The Balaban J connectivity index is 1.46. The van der Waals surface area contributed by atoms with E-state index < -0.39 is 0 Å². The number of hydrogen-bond acceptors (Lipinski definition) is 2. The largest absolute Gasteiger partial charge is 0.496 e. The SMILES string of the molecule is COc1ccc(Br)cc1CNC1C2CC3CC(C2)CC1C3. The van der Waals surface area contributed by atoms with Crippen LogP contribution in [0.15, 0.2) is 22.7 Å². The summed E-state index contributed by atoms with van der Waals surface area (Å²) in [6.07, 6.45) is 7.42. The summed E-state index contributed by atoms with van der Waals surface area (Å²) in [4.78, 5) is 0. The Hall–Kier alpha value is -0.540. The number of rotatable bonds is 4. The highest BCUT2D eigenvalue weighted by Gasteiger charge is 2.47. The van der Waals surface area contributed by atoms with Crippen LogP contribution < -0.4 is 10.1 Å². The van der Waals surface area contributed by atoms with Gasteiger partial charge in [0.15, 0.2) is 0 Å². The summed E-state index contributed by atoms with van der Waals surface area (Å²) in [6, 6.07) is 7.02. The molecule has 0 amide bonds. The molecule has 114 valence electrons. The van der Waals surface area contributed by atoms with Crippen molar-refractivity contribution in [2.45, 2.75) is 44.7 Å². The molecule has 0 aliphatic heterocycles. The number of nitrogens with one attached hydrogen (secondary N) is 1. The van der Waals surface area contributed by atoms with Gasteiger partial charge >= 0.3 is 0 Å². The Bertz CT molecular complexity index is 502. The van der Waals surface area contributed by atoms with Crippen LogP contribution >= 0.6 is 15.9 Å². The molecular formula is C18H24BrNO. The molecule has 0 heterocycles. The fraction of sp³-hybridized carbons (Fsp3) is 0.667. The van der Waals surface area contributed by atoms with Crippen LogP contribution in [0, 0.1) is 23.7 Å². The summed E-state index contributed by atoms with van der Waals surface area (Å²) in [7, 11) is 1.76. The summed E-state index contributed by atoms with van der Waals surface area (Å²) in [5.41, 5.74) is 1.26. The van der Waals surface area contributed by atoms with Gasteiger partial charge in [-0.15, -0.1) is 0 Å². The highest BCUT2D eigenvalue weighted by molar-refractivity contribution is 9.10. The minimum atomic E-state index is 0.737. The maximum atomic E-state index is 5.50. The van der Waals surface area contributed by atoms with Crippen LogP contribution in [0.2, 0.25) is 0 Å². The van der Waals surface area contributed by atoms with Gasteiger partial charge < -0.3 is 10.1 Å². The standard InChI is InChI=1S/C18H24BrNO/c1-21-17-3-2-16(19)9-15(17)10-20-18-13-5-11-4-12(7-13)8-14(18)6-11/h2-3,9,11-14,18,20H,4-8,10H2,1H3. The van der Waals surface area contributed by atoms with Crippen molar-refractivity contribution in [2.24, 2.45) is 23.7 Å². The molecule has 4 aliphatic carbocycles. The van der Waals surface area contributed by atoms with Gasteiger partial charge in [0.1, 0.15) is 5.75 Å². The molecule has 3 heteroatoms. The predicted octanol–water partition coefficient (Wildman–Crippen LogP) is 4.37. The van der Waals surface area contributed by atoms with E-state index in [1.54, 1.807) is 7.11 Å². The van der Waals surface area contributed by atoms with E-state index in [0.29, 0.717) is 0 Å². The topological polar surface area (TPSA) is 21.3 Å². The Morgan fingerprint density at radius 2 is 1.76 bits per heavy atom. The van der Waals surface area contributed by atoms with Crippen molar-refractivity contribution in [3.05, 3.63) is 28.2 Å². The van der Waals surface area contributed by atoms with Crippen LogP contribution in [0.1, 0.15) is 37.7 Å². The van der Waals surface area contributed by atoms with Crippen molar-refractivity contribution in [2.75, 3.05) is 7.11 Å². The van der Waals surface area contributed by atoms with Crippen LogP contribution in [0.4, 0.5) is 0 Å². The van der Waals surface area contributed by atoms with E-state index in [9.17, 15) is 0 Å².